The van der Waals surface area contributed by atoms with E-state index in [1.165, 1.54) is 11.1 Å². The quantitative estimate of drug-likeness (QED) is 0.241. The Kier molecular flexibility index (Phi) is 10.1. The standard InChI is InChI=1S/C23H29N5O3.HI/c1-24-23(26-15-20-21(30-3)12-19(29-2)13-22(20)31-4)25-14-17-8-5-6-9-18(17)16-28-11-7-10-27-28;/h5-13H,14-16H2,1-4H3,(H2,24,25,26);1H. The van der Waals surface area contributed by atoms with Crippen LogP contribution in [0.25, 0.3) is 0 Å². The maximum atomic E-state index is 5.52. The van der Waals surface area contributed by atoms with Gasteiger partial charge in [0.15, 0.2) is 5.96 Å². The first-order valence-corrected chi connectivity index (χ1v) is 9.96. The second kappa shape index (κ2) is 12.8. The molecule has 0 aliphatic heterocycles. The zero-order valence-electron chi connectivity index (χ0n) is 18.8. The minimum absolute atomic E-state index is 0. The molecule has 0 aliphatic carbocycles. The second-order valence-corrected chi connectivity index (χ2v) is 6.76. The van der Waals surface area contributed by atoms with E-state index in [2.05, 4.69) is 32.9 Å². The number of ether oxygens (including phenoxy) is 3. The van der Waals surface area contributed by atoms with E-state index in [9.17, 15) is 0 Å². The first-order chi connectivity index (χ1) is 15.2. The van der Waals surface area contributed by atoms with E-state index in [0.717, 1.165) is 12.1 Å². The van der Waals surface area contributed by atoms with Crippen LogP contribution in [-0.2, 0) is 19.6 Å². The molecule has 2 aromatic carbocycles. The number of benzene rings is 2. The zero-order chi connectivity index (χ0) is 22.1. The highest BCUT2D eigenvalue weighted by Crippen LogP contribution is 2.33. The third-order valence-electron chi connectivity index (χ3n) is 4.93. The number of halogens is 1. The van der Waals surface area contributed by atoms with Crippen molar-refractivity contribution in [1.82, 2.24) is 20.4 Å². The summed E-state index contributed by atoms with van der Waals surface area (Å²) in [5.41, 5.74) is 3.26. The van der Waals surface area contributed by atoms with Crippen LogP contribution in [0.2, 0.25) is 0 Å². The van der Waals surface area contributed by atoms with Crippen molar-refractivity contribution in [2.45, 2.75) is 19.6 Å². The fourth-order valence-electron chi connectivity index (χ4n) is 3.28. The molecule has 32 heavy (non-hydrogen) atoms. The van der Waals surface area contributed by atoms with Crippen LogP contribution in [0, 0.1) is 0 Å². The van der Waals surface area contributed by atoms with Crippen molar-refractivity contribution in [1.29, 1.82) is 0 Å². The van der Waals surface area contributed by atoms with Crippen LogP contribution in [0.3, 0.4) is 0 Å². The van der Waals surface area contributed by atoms with E-state index in [0.29, 0.717) is 36.3 Å². The number of rotatable bonds is 9. The van der Waals surface area contributed by atoms with Crippen molar-refractivity contribution in [3.63, 3.8) is 0 Å². The molecule has 2 N–H and O–H groups in total. The molecule has 0 bridgehead atoms. The van der Waals surface area contributed by atoms with Gasteiger partial charge in [-0.05, 0) is 17.2 Å². The molecule has 0 amide bonds. The van der Waals surface area contributed by atoms with Crippen LogP contribution < -0.4 is 24.8 Å². The number of hydrogen-bond donors (Lipinski definition) is 2. The molecular weight excluding hydrogens is 521 g/mol. The summed E-state index contributed by atoms with van der Waals surface area (Å²) in [5, 5.41) is 11.0. The number of aromatic nitrogens is 2. The third kappa shape index (κ3) is 6.52. The minimum Gasteiger partial charge on any atom is -0.496 e. The van der Waals surface area contributed by atoms with Crippen LogP contribution in [0.5, 0.6) is 17.2 Å². The molecule has 0 atom stereocenters. The number of hydrogen-bond acceptors (Lipinski definition) is 5. The lowest BCUT2D eigenvalue weighted by Crippen LogP contribution is -2.36. The van der Waals surface area contributed by atoms with E-state index >= 15 is 0 Å². The number of nitrogens with one attached hydrogen (secondary N) is 2. The highest BCUT2D eigenvalue weighted by atomic mass is 127. The maximum absolute atomic E-state index is 5.52. The largest absolute Gasteiger partial charge is 0.496 e. The van der Waals surface area contributed by atoms with Gasteiger partial charge in [0.25, 0.3) is 0 Å². The van der Waals surface area contributed by atoms with Gasteiger partial charge in [-0.15, -0.1) is 24.0 Å². The summed E-state index contributed by atoms with van der Waals surface area (Å²) in [5.74, 6) is 2.72. The van der Waals surface area contributed by atoms with Gasteiger partial charge >= 0.3 is 0 Å². The maximum Gasteiger partial charge on any atom is 0.191 e. The molecule has 0 spiro atoms. The van der Waals surface area contributed by atoms with Crippen LogP contribution >= 0.6 is 24.0 Å². The Hall–Kier alpha value is -2.95. The van der Waals surface area contributed by atoms with E-state index in [-0.39, 0.29) is 24.0 Å². The van der Waals surface area contributed by atoms with Gasteiger partial charge in [0.2, 0.25) is 0 Å². The number of aliphatic imine (C=N–C) groups is 1. The summed E-state index contributed by atoms with van der Waals surface area (Å²) >= 11 is 0. The highest BCUT2D eigenvalue weighted by molar-refractivity contribution is 14.0. The molecular formula is C23H30IN5O3. The van der Waals surface area contributed by atoms with Gasteiger partial charge < -0.3 is 24.8 Å². The van der Waals surface area contributed by atoms with Crippen molar-refractivity contribution in [2.24, 2.45) is 4.99 Å². The predicted octanol–water partition coefficient (Wildman–Crippen LogP) is 3.44. The van der Waals surface area contributed by atoms with Crippen LogP contribution in [0.15, 0.2) is 59.9 Å². The van der Waals surface area contributed by atoms with Crippen molar-refractivity contribution in [2.75, 3.05) is 28.4 Å². The Bertz CT molecular complexity index is 984. The molecule has 1 heterocycles. The lowest BCUT2D eigenvalue weighted by molar-refractivity contribution is 0.368. The summed E-state index contributed by atoms with van der Waals surface area (Å²) in [6, 6.07) is 13.9. The van der Waals surface area contributed by atoms with Crippen molar-refractivity contribution >= 4 is 29.9 Å². The van der Waals surface area contributed by atoms with E-state index < -0.39 is 0 Å². The molecule has 0 radical (unpaired) electrons. The summed E-state index contributed by atoms with van der Waals surface area (Å²) in [6.45, 7) is 1.83. The average molecular weight is 551 g/mol. The first kappa shape index (κ1) is 25.3. The summed E-state index contributed by atoms with van der Waals surface area (Å²) < 4.78 is 18.3. The molecule has 172 valence electrons. The molecule has 9 heteroatoms. The van der Waals surface area contributed by atoms with E-state index in [4.69, 9.17) is 14.2 Å². The molecule has 3 rings (SSSR count). The Morgan fingerprint density at radius 1 is 0.938 bits per heavy atom. The normalized spacial score (nSPS) is 10.8. The lowest BCUT2D eigenvalue weighted by Gasteiger charge is -2.18. The number of guanidine groups is 1. The van der Waals surface area contributed by atoms with Gasteiger partial charge in [-0.25, -0.2) is 0 Å². The van der Waals surface area contributed by atoms with Gasteiger partial charge in [0, 0.05) is 38.1 Å². The molecule has 0 unspecified atom stereocenters. The van der Waals surface area contributed by atoms with Crippen LogP contribution in [0.1, 0.15) is 16.7 Å². The Morgan fingerprint density at radius 2 is 1.59 bits per heavy atom. The minimum atomic E-state index is 0. The second-order valence-electron chi connectivity index (χ2n) is 6.76. The highest BCUT2D eigenvalue weighted by Gasteiger charge is 2.14. The third-order valence-corrected chi connectivity index (χ3v) is 4.93. The fourth-order valence-corrected chi connectivity index (χ4v) is 3.28. The Balaban J connectivity index is 0.00000363. The molecule has 0 fully saturated rings. The first-order valence-electron chi connectivity index (χ1n) is 9.96. The number of methoxy groups -OCH3 is 3. The summed E-state index contributed by atoms with van der Waals surface area (Å²) in [4.78, 5) is 4.34. The smallest absolute Gasteiger partial charge is 0.191 e. The summed E-state index contributed by atoms with van der Waals surface area (Å²) in [6.07, 6.45) is 3.74. The van der Waals surface area contributed by atoms with E-state index in [1.54, 1.807) is 34.6 Å². The van der Waals surface area contributed by atoms with Gasteiger partial charge in [-0.3, -0.25) is 9.67 Å². The summed E-state index contributed by atoms with van der Waals surface area (Å²) in [7, 11) is 6.61. The predicted molar refractivity (Wildman–Crippen MR) is 136 cm³/mol. The van der Waals surface area contributed by atoms with Crippen molar-refractivity contribution < 1.29 is 14.2 Å². The monoisotopic (exact) mass is 551 g/mol. The molecule has 0 saturated heterocycles. The topological polar surface area (TPSA) is 81.9 Å². The van der Waals surface area contributed by atoms with Gasteiger partial charge in [0.05, 0.1) is 40.0 Å². The number of nitrogens with zero attached hydrogens (tertiary/aromatic N) is 3. The van der Waals surface area contributed by atoms with E-state index in [1.807, 2.05) is 41.2 Å². The van der Waals surface area contributed by atoms with Crippen molar-refractivity contribution in [3.8, 4) is 17.2 Å². The Labute approximate surface area is 206 Å². The van der Waals surface area contributed by atoms with Gasteiger partial charge in [0.1, 0.15) is 17.2 Å². The van der Waals surface area contributed by atoms with Crippen LogP contribution in [0.4, 0.5) is 0 Å². The Morgan fingerprint density at radius 3 is 2.16 bits per heavy atom. The molecule has 8 nitrogen and oxygen atoms in total. The zero-order valence-corrected chi connectivity index (χ0v) is 21.1. The SMILES string of the molecule is CN=C(NCc1ccccc1Cn1cccn1)NCc1c(OC)cc(OC)cc1OC.I. The van der Waals surface area contributed by atoms with Gasteiger partial charge in [-0.2, -0.15) is 5.10 Å². The average Bonchev–Trinajstić information content (AvgIpc) is 3.32. The van der Waals surface area contributed by atoms with Gasteiger partial charge in [-0.1, -0.05) is 24.3 Å². The molecule has 0 saturated carbocycles. The van der Waals surface area contributed by atoms with Crippen LogP contribution in [-0.4, -0.2) is 44.1 Å². The molecule has 3 aromatic rings. The molecule has 1 aromatic heterocycles. The van der Waals surface area contributed by atoms with Crippen molar-refractivity contribution in [3.05, 3.63) is 71.5 Å². The molecule has 0 aliphatic rings. The lowest BCUT2D eigenvalue weighted by atomic mass is 10.1. The fraction of sp³-hybridized carbons (Fsp3) is 0.304.